The minimum atomic E-state index is -0.949. The topological polar surface area (TPSA) is 62.2 Å². The summed E-state index contributed by atoms with van der Waals surface area (Å²) in [5, 5.41) is 6.95. The number of methoxy groups -OCH3 is 1. The second kappa shape index (κ2) is 7.10. The summed E-state index contributed by atoms with van der Waals surface area (Å²) in [7, 11) is 1.31. The van der Waals surface area contributed by atoms with Gasteiger partial charge in [-0.1, -0.05) is 41.6 Å². The highest BCUT2D eigenvalue weighted by Gasteiger charge is 2.58. The van der Waals surface area contributed by atoms with Crippen molar-refractivity contribution >= 4 is 63.4 Å². The average Bonchev–Trinajstić information content (AvgIpc) is 3.23. The molecular weight excluding hydrogens is 406 g/mol. The van der Waals surface area contributed by atoms with Crippen LogP contribution in [0.2, 0.25) is 5.02 Å². The van der Waals surface area contributed by atoms with Gasteiger partial charge in [-0.05, 0) is 48.2 Å². The third kappa shape index (κ3) is 3.07. The number of hydrogen-bond donors (Lipinski definition) is 0. The summed E-state index contributed by atoms with van der Waals surface area (Å²) in [5.74, 6) is -0.321. The van der Waals surface area contributed by atoms with E-state index >= 15 is 0 Å². The lowest BCUT2D eigenvalue weighted by Gasteiger charge is -2.39. The Balaban J connectivity index is 1.84. The van der Waals surface area contributed by atoms with E-state index in [1.807, 2.05) is 30.3 Å². The molecule has 1 spiro atoms. The van der Waals surface area contributed by atoms with Crippen LogP contribution in [0.4, 0.5) is 11.4 Å². The average molecular weight is 420 g/mol. The number of para-hydroxylation sites is 1. The zero-order valence-corrected chi connectivity index (χ0v) is 16.6. The molecule has 2 aliphatic heterocycles. The van der Waals surface area contributed by atoms with Crippen LogP contribution in [0.5, 0.6) is 0 Å². The SMILES string of the molecule is COC(=O)C1=NN(c2ccc(Cl)cc2)[C@]2(SCC(=O)N2c2ccccc2)S1. The quantitative estimate of drug-likeness (QED) is 0.706. The molecule has 0 N–H and O–H groups in total. The predicted molar refractivity (Wildman–Crippen MR) is 110 cm³/mol. The Labute approximate surface area is 169 Å². The van der Waals surface area contributed by atoms with E-state index in [4.69, 9.17) is 16.3 Å². The van der Waals surface area contributed by atoms with Crippen molar-refractivity contribution in [2.24, 2.45) is 5.10 Å². The molecule has 9 heteroatoms. The zero-order valence-electron chi connectivity index (χ0n) is 14.2. The molecular formula is C18H14ClN3O3S2. The van der Waals surface area contributed by atoms with E-state index in [9.17, 15) is 9.59 Å². The summed E-state index contributed by atoms with van der Waals surface area (Å²) in [4.78, 5) is 26.6. The fourth-order valence-corrected chi connectivity index (χ4v) is 5.77. The van der Waals surface area contributed by atoms with Gasteiger partial charge in [0.2, 0.25) is 15.3 Å². The Morgan fingerprint density at radius 1 is 1.15 bits per heavy atom. The number of halogens is 1. The number of hydrazone groups is 1. The van der Waals surface area contributed by atoms with Crippen LogP contribution in [0.25, 0.3) is 0 Å². The molecule has 138 valence electrons. The summed E-state index contributed by atoms with van der Waals surface area (Å²) in [5.41, 5.74) is 1.45. The molecule has 2 heterocycles. The Morgan fingerprint density at radius 2 is 1.85 bits per heavy atom. The van der Waals surface area contributed by atoms with Gasteiger partial charge in [0.15, 0.2) is 0 Å². The summed E-state index contributed by atoms with van der Waals surface area (Å²) >= 11 is 8.63. The Hall–Kier alpha value is -2.16. The maximum absolute atomic E-state index is 12.8. The molecule has 1 saturated heterocycles. The van der Waals surface area contributed by atoms with Gasteiger partial charge < -0.3 is 4.74 Å². The maximum Gasteiger partial charge on any atom is 0.365 e. The molecule has 1 amide bonds. The van der Waals surface area contributed by atoms with Gasteiger partial charge in [-0.3, -0.25) is 9.69 Å². The van der Waals surface area contributed by atoms with Gasteiger partial charge in [0.1, 0.15) is 0 Å². The highest BCUT2D eigenvalue weighted by molar-refractivity contribution is 8.28. The summed E-state index contributed by atoms with van der Waals surface area (Å²) in [6.45, 7) is 0. The lowest BCUT2D eigenvalue weighted by molar-refractivity contribution is -0.132. The Bertz CT molecular complexity index is 923. The van der Waals surface area contributed by atoms with Crippen LogP contribution >= 0.6 is 35.1 Å². The lowest BCUT2D eigenvalue weighted by atomic mass is 10.3. The van der Waals surface area contributed by atoms with Gasteiger partial charge in [-0.15, -0.1) is 0 Å². The monoisotopic (exact) mass is 419 g/mol. The Kier molecular flexibility index (Phi) is 4.79. The van der Waals surface area contributed by atoms with Gasteiger partial charge in [0, 0.05) is 10.7 Å². The van der Waals surface area contributed by atoms with Crippen molar-refractivity contribution in [1.29, 1.82) is 0 Å². The predicted octanol–water partition coefficient (Wildman–Crippen LogP) is 3.77. The highest BCUT2D eigenvalue weighted by Crippen LogP contribution is 2.55. The second-order valence-corrected chi connectivity index (χ2v) is 8.69. The minimum absolute atomic E-state index is 0.0565. The first kappa shape index (κ1) is 18.2. The van der Waals surface area contributed by atoms with Gasteiger partial charge in [-0.25, -0.2) is 9.80 Å². The molecule has 1 atom stereocenters. The lowest BCUT2D eigenvalue weighted by Crippen LogP contribution is -2.51. The summed E-state index contributed by atoms with van der Waals surface area (Å²) in [6, 6.07) is 16.5. The molecule has 27 heavy (non-hydrogen) atoms. The number of nitrogens with zero attached hydrogens (tertiary/aromatic N) is 3. The Morgan fingerprint density at radius 3 is 2.52 bits per heavy atom. The van der Waals surface area contributed by atoms with E-state index < -0.39 is 10.3 Å². The van der Waals surface area contributed by atoms with E-state index in [2.05, 4.69) is 5.10 Å². The number of hydrogen-bond acceptors (Lipinski definition) is 7. The fraction of sp³-hybridized carbons (Fsp3) is 0.167. The molecule has 0 aromatic heterocycles. The van der Waals surface area contributed by atoms with E-state index in [0.29, 0.717) is 10.7 Å². The fourth-order valence-electron chi connectivity index (χ4n) is 2.87. The smallest absolute Gasteiger partial charge is 0.365 e. The zero-order chi connectivity index (χ0) is 19.0. The van der Waals surface area contributed by atoms with Crippen molar-refractivity contribution in [3.05, 3.63) is 59.6 Å². The van der Waals surface area contributed by atoms with Crippen LogP contribution < -0.4 is 9.91 Å². The number of anilines is 2. The van der Waals surface area contributed by atoms with Gasteiger partial charge >= 0.3 is 5.97 Å². The molecule has 1 fully saturated rings. The van der Waals surface area contributed by atoms with E-state index in [-0.39, 0.29) is 16.7 Å². The minimum Gasteiger partial charge on any atom is -0.464 e. The maximum atomic E-state index is 12.8. The van der Waals surface area contributed by atoms with Gasteiger partial charge in [0.05, 0.1) is 18.6 Å². The molecule has 0 unspecified atom stereocenters. The van der Waals surface area contributed by atoms with Crippen molar-refractivity contribution < 1.29 is 14.3 Å². The first-order chi connectivity index (χ1) is 13.0. The number of amides is 1. The number of thioether (sulfide) groups is 2. The molecule has 4 rings (SSSR count). The van der Waals surface area contributed by atoms with Crippen molar-refractivity contribution in [2.75, 3.05) is 22.8 Å². The molecule has 2 aromatic carbocycles. The molecule has 0 aliphatic carbocycles. The summed E-state index contributed by atoms with van der Waals surface area (Å²) < 4.78 is 3.91. The van der Waals surface area contributed by atoms with E-state index in [1.165, 1.54) is 30.6 Å². The number of rotatable bonds is 3. The number of esters is 1. The normalized spacial score (nSPS) is 21.7. The van der Waals surface area contributed by atoms with E-state index in [1.54, 1.807) is 34.2 Å². The second-order valence-electron chi connectivity index (χ2n) is 5.69. The van der Waals surface area contributed by atoms with Crippen molar-refractivity contribution in [3.63, 3.8) is 0 Å². The molecule has 0 saturated carbocycles. The van der Waals surface area contributed by atoms with Crippen molar-refractivity contribution in [2.45, 2.75) is 4.33 Å². The molecule has 6 nitrogen and oxygen atoms in total. The highest BCUT2D eigenvalue weighted by atomic mass is 35.5. The van der Waals surface area contributed by atoms with Crippen LogP contribution in [-0.2, 0) is 14.3 Å². The van der Waals surface area contributed by atoms with Crippen LogP contribution in [-0.4, -0.2) is 34.1 Å². The number of ether oxygens (including phenoxy) is 1. The largest absolute Gasteiger partial charge is 0.464 e. The first-order valence-corrected chi connectivity index (χ1v) is 10.2. The van der Waals surface area contributed by atoms with Crippen LogP contribution in [0.1, 0.15) is 0 Å². The van der Waals surface area contributed by atoms with Gasteiger partial charge in [-0.2, -0.15) is 5.10 Å². The van der Waals surface area contributed by atoms with Crippen molar-refractivity contribution in [3.8, 4) is 0 Å². The van der Waals surface area contributed by atoms with Crippen LogP contribution in [0.3, 0.4) is 0 Å². The number of carbonyl (C=O) groups is 2. The van der Waals surface area contributed by atoms with E-state index in [0.717, 1.165) is 5.69 Å². The molecule has 0 bridgehead atoms. The molecule has 0 radical (unpaired) electrons. The van der Waals surface area contributed by atoms with Crippen LogP contribution in [0.15, 0.2) is 59.7 Å². The number of benzene rings is 2. The van der Waals surface area contributed by atoms with Crippen molar-refractivity contribution in [1.82, 2.24) is 0 Å². The number of carbonyl (C=O) groups excluding carboxylic acids is 2. The third-order valence-electron chi connectivity index (χ3n) is 4.05. The van der Waals surface area contributed by atoms with Crippen LogP contribution in [0, 0.1) is 0 Å². The third-order valence-corrected chi connectivity index (χ3v) is 7.09. The molecule has 2 aromatic rings. The summed E-state index contributed by atoms with van der Waals surface area (Å²) in [6.07, 6.45) is 0. The molecule has 2 aliphatic rings. The standard InChI is InChI=1S/C18H14ClN3O3S2/c1-25-17(24)16-20-22(14-9-7-12(19)8-10-14)18(27-16)21(15(23)11-26-18)13-5-3-2-4-6-13/h2-10H,11H2,1H3/t18-/m1/s1. The first-order valence-electron chi connectivity index (χ1n) is 7.99. The van der Waals surface area contributed by atoms with Gasteiger partial charge in [0.25, 0.3) is 0 Å².